The summed E-state index contributed by atoms with van der Waals surface area (Å²) >= 11 is 5.78. The molecule has 1 aliphatic carbocycles. The predicted molar refractivity (Wildman–Crippen MR) is 78.1 cm³/mol. The van der Waals surface area contributed by atoms with Gasteiger partial charge < -0.3 is 15.7 Å². The van der Waals surface area contributed by atoms with E-state index in [0.717, 1.165) is 0 Å². The lowest BCUT2D eigenvalue weighted by Gasteiger charge is -2.41. The highest BCUT2D eigenvalue weighted by Gasteiger charge is 2.61. The SMILES string of the molecule is CC(=O)Nc1ccc(Cl)cc1NC(=O)C(F)(F)C1(O)CCC1. The Bertz CT molecular complexity index is 618. The fourth-order valence-corrected chi connectivity index (χ4v) is 2.33. The number of benzene rings is 1. The lowest BCUT2D eigenvalue weighted by molar-refractivity contribution is -0.212. The zero-order valence-corrected chi connectivity index (χ0v) is 12.5. The molecule has 8 heteroatoms. The van der Waals surface area contributed by atoms with Crippen LogP contribution in [0.25, 0.3) is 0 Å². The molecule has 1 aromatic rings. The number of hydrogen-bond acceptors (Lipinski definition) is 3. The van der Waals surface area contributed by atoms with E-state index in [2.05, 4.69) is 5.32 Å². The van der Waals surface area contributed by atoms with Gasteiger partial charge in [0.25, 0.3) is 5.91 Å². The Labute approximate surface area is 130 Å². The lowest BCUT2D eigenvalue weighted by Crippen LogP contribution is -2.59. The van der Waals surface area contributed by atoms with E-state index in [-0.39, 0.29) is 29.2 Å². The largest absolute Gasteiger partial charge is 0.383 e. The van der Waals surface area contributed by atoms with Crippen molar-refractivity contribution in [3.63, 3.8) is 0 Å². The molecule has 0 aromatic heterocycles. The van der Waals surface area contributed by atoms with Crippen molar-refractivity contribution >= 4 is 34.8 Å². The normalized spacial score (nSPS) is 16.6. The van der Waals surface area contributed by atoms with Gasteiger partial charge in [0.1, 0.15) is 5.60 Å². The summed E-state index contributed by atoms with van der Waals surface area (Å²) in [6.07, 6.45) is 0.163. The zero-order chi connectivity index (χ0) is 16.5. The molecule has 22 heavy (non-hydrogen) atoms. The summed E-state index contributed by atoms with van der Waals surface area (Å²) in [7, 11) is 0. The molecule has 2 amide bonds. The minimum atomic E-state index is -3.93. The third-order valence-corrected chi connectivity index (χ3v) is 3.83. The molecule has 1 saturated carbocycles. The Morgan fingerprint density at radius 2 is 1.91 bits per heavy atom. The second-order valence-corrected chi connectivity index (χ2v) is 5.72. The summed E-state index contributed by atoms with van der Waals surface area (Å²) in [6.45, 7) is 1.24. The Morgan fingerprint density at radius 1 is 1.27 bits per heavy atom. The third-order valence-electron chi connectivity index (χ3n) is 3.59. The maximum atomic E-state index is 14.0. The standard InChI is InChI=1S/C14H15ClF2N2O3/c1-8(20)18-10-4-3-9(15)7-11(10)19-12(21)14(16,17)13(22)5-2-6-13/h3-4,7,22H,2,5-6H2,1H3,(H,18,20)(H,19,21). The van der Waals surface area contributed by atoms with Gasteiger partial charge in [-0.05, 0) is 37.5 Å². The van der Waals surface area contributed by atoms with Crippen LogP contribution in [-0.2, 0) is 9.59 Å². The van der Waals surface area contributed by atoms with Gasteiger partial charge in [0.05, 0.1) is 11.4 Å². The van der Waals surface area contributed by atoms with Crippen LogP contribution in [0.15, 0.2) is 18.2 Å². The molecule has 1 aliphatic rings. The molecule has 0 spiro atoms. The van der Waals surface area contributed by atoms with Gasteiger partial charge in [-0.25, -0.2) is 0 Å². The van der Waals surface area contributed by atoms with Crippen LogP contribution in [0.4, 0.5) is 20.2 Å². The Balaban J connectivity index is 2.24. The molecular formula is C14H15ClF2N2O3. The van der Waals surface area contributed by atoms with E-state index in [1.165, 1.54) is 25.1 Å². The highest BCUT2D eigenvalue weighted by Crippen LogP contribution is 2.45. The molecule has 1 aromatic carbocycles. The maximum Gasteiger partial charge on any atom is 0.352 e. The first-order valence-corrected chi connectivity index (χ1v) is 7.02. The van der Waals surface area contributed by atoms with Gasteiger partial charge in [-0.1, -0.05) is 11.6 Å². The molecule has 5 nitrogen and oxygen atoms in total. The van der Waals surface area contributed by atoms with Crippen LogP contribution in [0.5, 0.6) is 0 Å². The van der Waals surface area contributed by atoms with Crippen molar-refractivity contribution in [1.82, 2.24) is 0 Å². The van der Waals surface area contributed by atoms with Crippen LogP contribution in [0.3, 0.4) is 0 Å². The van der Waals surface area contributed by atoms with E-state index in [1.54, 1.807) is 0 Å². The van der Waals surface area contributed by atoms with E-state index in [0.29, 0.717) is 6.42 Å². The number of halogens is 3. The topological polar surface area (TPSA) is 78.4 Å². The number of carbonyl (C=O) groups excluding carboxylic acids is 2. The highest BCUT2D eigenvalue weighted by atomic mass is 35.5. The second kappa shape index (κ2) is 5.81. The average molecular weight is 333 g/mol. The number of nitrogens with one attached hydrogen (secondary N) is 2. The molecule has 0 heterocycles. The number of amides is 2. The van der Waals surface area contributed by atoms with Crippen LogP contribution in [0, 0.1) is 0 Å². The van der Waals surface area contributed by atoms with Gasteiger partial charge in [0.2, 0.25) is 5.91 Å². The number of anilines is 2. The first-order valence-electron chi connectivity index (χ1n) is 6.64. The minimum Gasteiger partial charge on any atom is -0.383 e. The molecule has 3 N–H and O–H groups in total. The Kier molecular flexibility index (Phi) is 4.39. The number of alkyl halides is 2. The second-order valence-electron chi connectivity index (χ2n) is 5.28. The molecule has 0 bridgehead atoms. The van der Waals surface area contributed by atoms with Crippen molar-refractivity contribution in [3.05, 3.63) is 23.2 Å². The monoisotopic (exact) mass is 332 g/mol. The van der Waals surface area contributed by atoms with Crippen LogP contribution >= 0.6 is 11.6 Å². The van der Waals surface area contributed by atoms with Crippen molar-refractivity contribution < 1.29 is 23.5 Å². The average Bonchev–Trinajstić information content (AvgIpc) is 2.38. The molecule has 1 fully saturated rings. The number of rotatable bonds is 4. The number of hydrogen-bond donors (Lipinski definition) is 3. The summed E-state index contributed by atoms with van der Waals surface area (Å²) in [5, 5.41) is 14.4. The smallest absolute Gasteiger partial charge is 0.352 e. The van der Waals surface area contributed by atoms with E-state index >= 15 is 0 Å². The Hall–Kier alpha value is -1.73. The van der Waals surface area contributed by atoms with E-state index in [1.807, 2.05) is 5.32 Å². The molecule has 0 radical (unpaired) electrons. The van der Waals surface area contributed by atoms with Gasteiger partial charge >= 0.3 is 5.92 Å². The van der Waals surface area contributed by atoms with Gasteiger partial charge in [-0.2, -0.15) is 8.78 Å². The first-order chi connectivity index (χ1) is 10.2. The fraction of sp³-hybridized carbons (Fsp3) is 0.429. The van der Waals surface area contributed by atoms with Crippen LogP contribution in [0.1, 0.15) is 26.2 Å². The first kappa shape index (κ1) is 16.6. The molecule has 0 saturated heterocycles. The number of aliphatic hydroxyl groups is 1. The maximum absolute atomic E-state index is 14.0. The summed E-state index contributed by atoms with van der Waals surface area (Å²) in [5.74, 6) is -5.99. The quantitative estimate of drug-likeness (QED) is 0.793. The summed E-state index contributed by atoms with van der Waals surface area (Å²) < 4.78 is 28.1. The van der Waals surface area contributed by atoms with Gasteiger partial charge in [0, 0.05) is 11.9 Å². The van der Waals surface area contributed by atoms with E-state index in [4.69, 9.17) is 11.6 Å². The van der Waals surface area contributed by atoms with Crippen molar-refractivity contribution in [3.8, 4) is 0 Å². The fourth-order valence-electron chi connectivity index (χ4n) is 2.16. The van der Waals surface area contributed by atoms with E-state index in [9.17, 15) is 23.5 Å². The summed E-state index contributed by atoms with van der Waals surface area (Å²) in [4.78, 5) is 22.9. The van der Waals surface area contributed by atoms with Gasteiger partial charge in [-0.15, -0.1) is 0 Å². The third kappa shape index (κ3) is 3.05. The van der Waals surface area contributed by atoms with Crippen LogP contribution in [0.2, 0.25) is 5.02 Å². The van der Waals surface area contributed by atoms with Crippen molar-refractivity contribution in [2.24, 2.45) is 0 Å². The molecular weight excluding hydrogens is 318 g/mol. The van der Waals surface area contributed by atoms with Crippen molar-refractivity contribution in [1.29, 1.82) is 0 Å². The molecule has 120 valence electrons. The van der Waals surface area contributed by atoms with E-state index < -0.39 is 23.3 Å². The molecule has 0 aliphatic heterocycles. The highest BCUT2D eigenvalue weighted by molar-refractivity contribution is 6.31. The van der Waals surface area contributed by atoms with Crippen LogP contribution in [-0.4, -0.2) is 28.4 Å². The molecule has 0 atom stereocenters. The zero-order valence-electron chi connectivity index (χ0n) is 11.8. The van der Waals surface area contributed by atoms with Gasteiger partial charge in [0.15, 0.2) is 0 Å². The summed E-state index contributed by atoms with van der Waals surface area (Å²) in [5.41, 5.74) is -2.24. The van der Waals surface area contributed by atoms with Crippen molar-refractivity contribution in [2.45, 2.75) is 37.7 Å². The Morgan fingerprint density at radius 3 is 2.41 bits per heavy atom. The predicted octanol–water partition coefficient (Wildman–Crippen LogP) is 2.79. The minimum absolute atomic E-state index is 0.0599. The molecule has 0 unspecified atom stereocenters. The summed E-state index contributed by atoms with van der Waals surface area (Å²) in [6, 6.07) is 4.07. The van der Waals surface area contributed by atoms with Gasteiger partial charge in [-0.3, -0.25) is 9.59 Å². The lowest BCUT2D eigenvalue weighted by atomic mass is 9.75. The molecule has 2 rings (SSSR count). The van der Waals surface area contributed by atoms with Crippen molar-refractivity contribution in [2.75, 3.05) is 10.6 Å². The van der Waals surface area contributed by atoms with Crippen LogP contribution < -0.4 is 10.6 Å². The number of carbonyl (C=O) groups is 2.